The molecule has 0 saturated heterocycles. The lowest BCUT2D eigenvalue weighted by Gasteiger charge is -2.21. The zero-order chi connectivity index (χ0) is 12.8. The molecule has 0 aliphatic heterocycles. The minimum atomic E-state index is 0.342. The normalized spacial score (nSPS) is 16.3. The summed E-state index contributed by atoms with van der Waals surface area (Å²) < 4.78 is 0. The number of hydrogen-bond donors (Lipinski definition) is 0. The molecular weight excluding hydrogens is 222 g/mol. The molecule has 0 radical (unpaired) electrons. The van der Waals surface area contributed by atoms with Gasteiger partial charge in [0.05, 0.1) is 6.54 Å². The predicted octanol–water partition coefficient (Wildman–Crippen LogP) is 3.27. The summed E-state index contributed by atoms with van der Waals surface area (Å²) in [6, 6.07) is 10.4. The molecule has 2 rings (SSSR count). The van der Waals surface area contributed by atoms with Crippen molar-refractivity contribution >= 4 is 5.78 Å². The molecule has 0 unspecified atom stereocenters. The molecule has 0 heterocycles. The highest BCUT2D eigenvalue weighted by Gasteiger charge is 2.23. The van der Waals surface area contributed by atoms with Crippen LogP contribution in [0.5, 0.6) is 0 Å². The van der Waals surface area contributed by atoms with Crippen molar-refractivity contribution in [3.63, 3.8) is 0 Å². The molecule has 1 aliphatic carbocycles. The summed E-state index contributed by atoms with van der Waals surface area (Å²) in [7, 11) is 0. The molecule has 0 amide bonds. The van der Waals surface area contributed by atoms with Gasteiger partial charge in [0.2, 0.25) is 0 Å². The van der Waals surface area contributed by atoms with Crippen LogP contribution in [0, 0.1) is 5.92 Å². The molecule has 0 bridgehead atoms. The Hall–Kier alpha value is -1.15. The van der Waals surface area contributed by atoms with Crippen molar-refractivity contribution in [1.82, 2.24) is 4.90 Å². The van der Waals surface area contributed by atoms with Crippen LogP contribution >= 0.6 is 0 Å². The van der Waals surface area contributed by atoms with E-state index in [9.17, 15) is 4.79 Å². The molecule has 98 valence electrons. The zero-order valence-corrected chi connectivity index (χ0v) is 11.3. The van der Waals surface area contributed by atoms with E-state index in [-0.39, 0.29) is 0 Å². The molecule has 0 atom stereocenters. The third-order valence-corrected chi connectivity index (χ3v) is 3.89. The summed E-state index contributed by atoms with van der Waals surface area (Å²) in [5.74, 6) is 0.792. The lowest BCUT2D eigenvalue weighted by molar-refractivity contribution is -0.123. The summed E-state index contributed by atoms with van der Waals surface area (Å²) in [6.07, 6.45) is 4.70. The summed E-state index contributed by atoms with van der Waals surface area (Å²) in [6.45, 7) is 4.57. The summed E-state index contributed by atoms with van der Waals surface area (Å²) in [4.78, 5) is 14.4. The summed E-state index contributed by atoms with van der Waals surface area (Å²) >= 11 is 0. The first-order valence-corrected chi connectivity index (χ1v) is 7.08. The van der Waals surface area contributed by atoms with Crippen LogP contribution in [0.2, 0.25) is 0 Å². The number of carbonyl (C=O) groups is 1. The molecule has 0 aromatic heterocycles. The molecule has 0 N–H and O–H groups in total. The van der Waals surface area contributed by atoms with E-state index in [1.807, 2.05) is 6.07 Å². The number of ketones is 1. The van der Waals surface area contributed by atoms with Crippen LogP contribution in [-0.2, 0) is 11.3 Å². The number of nitrogens with zero attached hydrogens (tertiary/aromatic N) is 1. The van der Waals surface area contributed by atoms with E-state index in [1.54, 1.807) is 0 Å². The second-order valence-corrected chi connectivity index (χ2v) is 5.24. The highest BCUT2D eigenvalue weighted by Crippen LogP contribution is 2.25. The van der Waals surface area contributed by atoms with Gasteiger partial charge in [0, 0.05) is 12.5 Å². The Morgan fingerprint density at radius 3 is 2.50 bits per heavy atom. The van der Waals surface area contributed by atoms with Crippen molar-refractivity contribution < 1.29 is 4.79 Å². The summed E-state index contributed by atoms with van der Waals surface area (Å²) in [5.41, 5.74) is 1.29. The van der Waals surface area contributed by atoms with Crippen molar-refractivity contribution in [1.29, 1.82) is 0 Å². The van der Waals surface area contributed by atoms with Crippen LogP contribution < -0.4 is 0 Å². The van der Waals surface area contributed by atoms with E-state index < -0.39 is 0 Å². The third-order valence-electron chi connectivity index (χ3n) is 3.89. The molecule has 1 fully saturated rings. The number of hydrogen-bond acceptors (Lipinski definition) is 2. The fraction of sp³-hybridized carbons (Fsp3) is 0.562. The highest BCUT2D eigenvalue weighted by molar-refractivity contribution is 5.83. The SMILES string of the molecule is CCN(CC(=O)C1CCCC1)Cc1ccccc1. The molecule has 1 aromatic carbocycles. The second-order valence-electron chi connectivity index (χ2n) is 5.24. The van der Waals surface area contributed by atoms with Crippen LogP contribution in [0.3, 0.4) is 0 Å². The molecule has 1 aliphatic rings. The van der Waals surface area contributed by atoms with Crippen LogP contribution in [0.4, 0.5) is 0 Å². The van der Waals surface area contributed by atoms with Gasteiger partial charge in [-0.25, -0.2) is 0 Å². The van der Waals surface area contributed by atoms with Crippen LogP contribution in [0.15, 0.2) is 30.3 Å². The number of likely N-dealkylation sites (N-methyl/N-ethyl adjacent to an activating group) is 1. The maximum atomic E-state index is 12.2. The van der Waals surface area contributed by atoms with E-state index >= 15 is 0 Å². The monoisotopic (exact) mass is 245 g/mol. The average Bonchev–Trinajstić information content (AvgIpc) is 2.93. The topological polar surface area (TPSA) is 20.3 Å². The van der Waals surface area contributed by atoms with Gasteiger partial charge in [-0.2, -0.15) is 0 Å². The molecule has 0 spiro atoms. The third kappa shape index (κ3) is 3.67. The Morgan fingerprint density at radius 2 is 1.89 bits per heavy atom. The Kier molecular flexibility index (Phi) is 4.94. The van der Waals surface area contributed by atoms with E-state index in [0.29, 0.717) is 18.2 Å². The first-order valence-electron chi connectivity index (χ1n) is 7.08. The van der Waals surface area contributed by atoms with Gasteiger partial charge < -0.3 is 0 Å². The second kappa shape index (κ2) is 6.69. The van der Waals surface area contributed by atoms with E-state index in [4.69, 9.17) is 0 Å². The van der Waals surface area contributed by atoms with Crippen LogP contribution in [0.25, 0.3) is 0 Å². The fourth-order valence-electron chi connectivity index (χ4n) is 2.72. The molecule has 18 heavy (non-hydrogen) atoms. The smallest absolute Gasteiger partial charge is 0.149 e. The van der Waals surface area contributed by atoms with Gasteiger partial charge in [-0.1, -0.05) is 50.1 Å². The zero-order valence-electron chi connectivity index (χ0n) is 11.3. The largest absolute Gasteiger partial charge is 0.298 e. The lowest BCUT2D eigenvalue weighted by Crippen LogP contribution is -2.32. The van der Waals surface area contributed by atoms with Crippen molar-refractivity contribution in [3.8, 4) is 0 Å². The number of benzene rings is 1. The fourth-order valence-corrected chi connectivity index (χ4v) is 2.72. The van der Waals surface area contributed by atoms with Crippen molar-refractivity contribution in [2.75, 3.05) is 13.1 Å². The number of rotatable bonds is 6. The Labute approximate surface area is 110 Å². The minimum Gasteiger partial charge on any atom is -0.298 e. The van der Waals surface area contributed by atoms with Crippen molar-refractivity contribution in [2.24, 2.45) is 5.92 Å². The highest BCUT2D eigenvalue weighted by atomic mass is 16.1. The number of carbonyl (C=O) groups excluding carboxylic acids is 1. The molecule has 1 aromatic rings. The van der Waals surface area contributed by atoms with Crippen molar-refractivity contribution in [3.05, 3.63) is 35.9 Å². The Bertz CT molecular complexity index is 368. The van der Waals surface area contributed by atoms with Gasteiger partial charge in [-0.05, 0) is 24.9 Å². The predicted molar refractivity (Wildman–Crippen MR) is 74.4 cm³/mol. The maximum absolute atomic E-state index is 12.2. The van der Waals surface area contributed by atoms with Crippen molar-refractivity contribution in [2.45, 2.75) is 39.2 Å². The summed E-state index contributed by atoms with van der Waals surface area (Å²) in [5, 5.41) is 0. The van der Waals surface area contributed by atoms with Gasteiger partial charge in [-0.3, -0.25) is 9.69 Å². The average molecular weight is 245 g/mol. The first-order chi connectivity index (χ1) is 8.79. The van der Waals surface area contributed by atoms with Gasteiger partial charge in [0.15, 0.2) is 0 Å². The van der Waals surface area contributed by atoms with Gasteiger partial charge in [0.1, 0.15) is 5.78 Å². The molecule has 2 nitrogen and oxygen atoms in total. The van der Waals surface area contributed by atoms with Gasteiger partial charge in [0.25, 0.3) is 0 Å². The van der Waals surface area contributed by atoms with Crippen LogP contribution in [-0.4, -0.2) is 23.8 Å². The quantitative estimate of drug-likeness (QED) is 0.766. The Balaban J connectivity index is 1.87. The standard InChI is InChI=1S/C16H23NO/c1-2-17(12-14-8-4-3-5-9-14)13-16(18)15-10-6-7-11-15/h3-5,8-9,15H,2,6-7,10-13H2,1H3. The van der Waals surface area contributed by atoms with Crippen LogP contribution in [0.1, 0.15) is 38.2 Å². The Morgan fingerprint density at radius 1 is 1.22 bits per heavy atom. The van der Waals surface area contributed by atoms with E-state index in [1.165, 1.54) is 18.4 Å². The molecular formula is C16H23NO. The van der Waals surface area contributed by atoms with Gasteiger partial charge >= 0.3 is 0 Å². The maximum Gasteiger partial charge on any atom is 0.149 e. The van der Waals surface area contributed by atoms with Gasteiger partial charge in [-0.15, -0.1) is 0 Å². The first kappa shape index (κ1) is 13.3. The molecule has 1 saturated carbocycles. The van der Waals surface area contributed by atoms with E-state index in [2.05, 4.69) is 36.1 Å². The minimum absolute atomic E-state index is 0.342. The lowest BCUT2D eigenvalue weighted by atomic mass is 10.0. The molecule has 2 heteroatoms. The number of Topliss-reactive ketones (excluding diaryl/α,β-unsaturated/α-hetero) is 1. The van der Waals surface area contributed by atoms with E-state index in [0.717, 1.165) is 25.9 Å².